The van der Waals surface area contributed by atoms with Gasteiger partial charge >= 0.3 is 11.9 Å². The van der Waals surface area contributed by atoms with Gasteiger partial charge in [0.2, 0.25) is 6.23 Å². The number of carbonyl (C=O) groups excluding carboxylic acids is 2. The van der Waals surface area contributed by atoms with Gasteiger partial charge in [-0.2, -0.15) is 0 Å². The Morgan fingerprint density at radius 3 is 2.62 bits per heavy atom. The third kappa shape index (κ3) is 2.17. The lowest BCUT2D eigenvalue weighted by Gasteiger charge is -2.32. The SMILES string of the molecule is CC(C)(C)O[C@@H]1CCN2OC(=O)C(=O)OC12. The second-order valence-corrected chi connectivity index (χ2v) is 4.87. The average Bonchev–Trinajstić information content (AvgIpc) is 2.47. The summed E-state index contributed by atoms with van der Waals surface area (Å²) in [4.78, 5) is 26.8. The zero-order valence-electron chi connectivity index (χ0n) is 9.56. The molecule has 0 N–H and O–H groups in total. The van der Waals surface area contributed by atoms with E-state index in [1.54, 1.807) is 0 Å². The highest BCUT2D eigenvalue weighted by Crippen LogP contribution is 2.28. The molecule has 6 heteroatoms. The Balaban J connectivity index is 2.04. The topological polar surface area (TPSA) is 65.1 Å². The molecule has 2 fully saturated rings. The molecule has 2 rings (SSSR count). The largest absolute Gasteiger partial charge is 0.436 e. The van der Waals surface area contributed by atoms with Crippen molar-refractivity contribution in [3.63, 3.8) is 0 Å². The van der Waals surface area contributed by atoms with Crippen molar-refractivity contribution in [1.82, 2.24) is 5.06 Å². The first-order valence-corrected chi connectivity index (χ1v) is 5.24. The minimum absolute atomic E-state index is 0.253. The highest BCUT2D eigenvalue weighted by molar-refractivity contribution is 6.29. The zero-order chi connectivity index (χ0) is 11.9. The van der Waals surface area contributed by atoms with Gasteiger partial charge in [0.25, 0.3) is 0 Å². The summed E-state index contributed by atoms with van der Waals surface area (Å²) in [7, 11) is 0. The monoisotopic (exact) mass is 229 g/mol. The number of esters is 1. The second-order valence-electron chi connectivity index (χ2n) is 4.87. The van der Waals surface area contributed by atoms with E-state index in [0.29, 0.717) is 13.0 Å². The number of ether oxygens (including phenoxy) is 2. The first-order chi connectivity index (χ1) is 7.37. The van der Waals surface area contributed by atoms with Gasteiger partial charge < -0.3 is 14.3 Å². The Bertz CT molecular complexity index is 322. The molecule has 0 amide bonds. The van der Waals surface area contributed by atoms with Crippen LogP contribution in [0.3, 0.4) is 0 Å². The number of rotatable bonds is 1. The summed E-state index contributed by atoms with van der Waals surface area (Å²) in [6.45, 7) is 6.29. The van der Waals surface area contributed by atoms with Crippen LogP contribution in [0, 0.1) is 0 Å². The zero-order valence-corrected chi connectivity index (χ0v) is 9.56. The van der Waals surface area contributed by atoms with E-state index in [2.05, 4.69) is 0 Å². The van der Waals surface area contributed by atoms with Gasteiger partial charge in [-0.05, 0) is 27.2 Å². The summed E-state index contributed by atoms with van der Waals surface area (Å²) in [5.74, 6) is -1.92. The molecular formula is C10H15NO5. The highest BCUT2D eigenvalue weighted by atomic mass is 16.8. The van der Waals surface area contributed by atoms with Crippen LogP contribution >= 0.6 is 0 Å². The molecule has 2 atom stereocenters. The smallest absolute Gasteiger partial charge is 0.432 e. The summed E-state index contributed by atoms with van der Waals surface area (Å²) < 4.78 is 10.7. The van der Waals surface area contributed by atoms with Crippen LogP contribution in [0.4, 0.5) is 0 Å². The van der Waals surface area contributed by atoms with Crippen LogP contribution in [0.1, 0.15) is 27.2 Å². The van der Waals surface area contributed by atoms with E-state index in [9.17, 15) is 9.59 Å². The van der Waals surface area contributed by atoms with E-state index >= 15 is 0 Å². The maximum atomic E-state index is 11.1. The Morgan fingerprint density at radius 1 is 1.31 bits per heavy atom. The standard InChI is InChI=1S/C10H15NO5/c1-10(2,3)15-6-4-5-11-7(6)14-8(12)9(13)16-11/h6-7H,4-5H2,1-3H3/t6-,7?/m1/s1. The lowest BCUT2D eigenvalue weighted by Crippen LogP contribution is -2.49. The lowest BCUT2D eigenvalue weighted by atomic mass is 10.1. The lowest BCUT2D eigenvalue weighted by molar-refractivity contribution is -0.270. The van der Waals surface area contributed by atoms with Gasteiger partial charge in [0, 0.05) is 6.54 Å². The van der Waals surface area contributed by atoms with E-state index in [1.165, 1.54) is 5.06 Å². The molecule has 0 aromatic heterocycles. The van der Waals surface area contributed by atoms with Gasteiger partial charge in [0.05, 0.1) is 5.60 Å². The molecule has 0 radical (unpaired) electrons. The normalized spacial score (nSPS) is 30.9. The van der Waals surface area contributed by atoms with Crippen LogP contribution in [0.5, 0.6) is 0 Å². The van der Waals surface area contributed by atoms with Crippen molar-refractivity contribution in [3.05, 3.63) is 0 Å². The van der Waals surface area contributed by atoms with E-state index in [4.69, 9.17) is 14.3 Å². The van der Waals surface area contributed by atoms with E-state index in [1.807, 2.05) is 20.8 Å². The van der Waals surface area contributed by atoms with Crippen molar-refractivity contribution in [2.45, 2.75) is 45.1 Å². The molecule has 16 heavy (non-hydrogen) atoms. The average molecular weight is 229 g/mol. The third-order valence-electron chi connectivity index (χ3n) is 2.34. The van der Waals surface area contributed by atoms with Gasteiger partial charge in [0.15, 0.2) is 0 Å². The molecule has 0 bridgehead atoms. The molecule has 0 saturated carbocycles. The molecule has 2 heterocycles. The molecule has 6 nitrogen and oxygen atoms in total. The maximum Gasteiger partial charge on any atom is 0.436 e. The summed E-state index contributed by atoms with van der Waals surface area (Å²) >= 11 is 0. The molecule has 90 valence electrons. The molecule has 0 aromatic carbocycles. The van der Waals surface area contributed by atoms with Crippen molar-refractivity contribution >= 4 is 11.9 Å². The fourth-order valence-corrected chi connectivity index (χ4v) is 1.81. The van der Waals surface area contributed by atoms with E-state index in [0.717, 1.165) is 0 Å². The predicted molar refractivity (Wildman–Crippen MR) is 51.9 cm³/mol. The van der Waals surface area contributed by atoms with Crippen LogP contribution in [-0.4, -0.2) is 41.5 Å². The molecule has 1 unspecified atom stereocenters. The Hall–Kier alpha value is -1.14. The first-order valence-electron chi connectivity index (χ1n) is 5.24. The van der Waals surface area contributed by atoms with Gasteiger partial charge in [0.1, 0.15) is 6.10 Å². The molecule has 2 aliphatic heterocycles. The molecule has 2 aliphatic rings. The number of carbonyl (C=O) groups is 2. The van der Waals surface area contributed by atoms with E-state index in [-0.39, 0.29) is 11.7 Å². The molecule has 0 spiro atoms. The highest BCUT2D eigenvalue weighted by Gasteiger charge is 2.47. The number of nitrogens with zero attached hydrogens (tertiary/aromatic N) is 1. The van der Waals surface area contributed by atoms with Crippen molar-refractivity contribution in [2.75, 3.05) is 6.54 Å². The molecular weight excluding hydrogens is 214 g/mol. The van der Waals surface area contributed by atoms with E-state index < -0.39 is 18.2 Å². The minimum atomic E-state index is -0.965. The van der Waals surface area contributed by atoms with Crippen molar-refractivity contribution in [2.24, 2.45) is 0 Å². The van der Waals surface area contributed by atoms with Gasteiger partial charge in [-0.25, -0.2) is 9.59 Å². The number of hydrogen-bond donors (Lipinski definition) is 0. The maximum absolute atomic E-state index is 11.1. The van der Waals surface area contributed by atoms with Crippen molar-refractivity contribution < 1.29 is 23.9 Å². The van der Waals surface area contributed by atoms with Gasteiger partial charge in [-0.15, -0.1) is 0 Å². The van der Waals surface area contributed by atoms with Gasteiger partial charge in [-0.1, -0.05) is 5.06 Å². The first kappa shape index (κ1) is 11.3. The fraction of sp³-hybridized carbons (Fsp3) is 0.800. The van der Waals surface area contributed by atoms with Gasteiger partial charge in [-0.3, -0.25) is 0 Å². The Morgan fingerprint density at radius 2 is 2.00 bits per heavy atom. The fourth-order valence-electron chi connectivity index (χ4n) is 1.81. The molecule has 0 aromatic rings. The van der Waals surface area contributed by atoms with Crippen LogP contribution in [0.25, 0.3) is 0 Å². The Kier molecular flexibility index (Phi) is 2.63. The summed E-state index contributed by atoms with van der Waals surface area (Å²) in [6.07, 6.45) is -0.191. The quantitative estimate of drug-likeness (QED) is 0.473. The van der Waals surface area contributed by atoms with Crippen molar-refractivity contribution in [1.29, 1.82) is 0 Å². The number of hydrogen-bond acceptors (Lipinski definition) is 6. The summed E-state index contributed by atoms with van der Waals surface area (Å²) in [5, 5.41) is 1.36. The van der Waals surface area contributed by atoms with Crippen molar-refractivity contribution in [3.8, 4) is 0 Å². The molecule has 2 saturated heterocycles. The minimum Gasteiger partial charge on any atom is -0.432 e. The van der Waals surface area contributed by atoms with Crippen LogP contribution in [0.15, 0.2) is 0 Å². The summed E-state index contributed by atoms with van der Waals surface area (Å²) in [5.41, 5.74) is -0.325. The number of fused-ring (bicyclic) bond motifs is 1. The number of hydroxylamine groups is 2. The third-order valence-corrected chi connectivity index (χ3v) is 2.34. The van der Waals surface area contributed by atoms with Crippen LogP contribution < -0.4 is 0 Å². The Labute approximate surface area is 93.4 Å². The second kappa shape index (κ2) is 3.71. The van der Waals surface area contributed by atoms with Crippen LogP contribution in [-0.2, 0) is 23.9 Å². The predicted octanol–water partition coefficient (Wildman–Crippen LogP) is 0.217. The summed E-state index contributed by atoms with van der Waals surface area (Å²) in [6, 6.07) is 0. The van der Waals surface area contributed by atoms with Crippen LogP contribution in [0.2, 0.25) is 0 Å². The molecule has 0 aliphatic carbocycles.